The van der Waals surface area contributed by atoms with Gasteiger partial charge < -0.3 is 0 Å². The van der Waals surface area contributed by atoms with Gasteiger partial charge in [-0.25, -0.2) is 0 Å². The number of hydrogen-bond acceptors (Lipinski definition) is 2. The van der Waals surface area contributed by atoms with Crippen molar-refractivity contribution in [1.29, 1.82) is 0 Å². The molecule has 0 spiro atoms. The van der Waals surface area contributed by atoms with E-state index in [4.69, 9.17) is 0 Å². The SMILES string of the molecule is c1ccc(CN2CC3CCCCN3C(c3ccccc3)C2)cc1. The fourth-order valence-electron chi connectivity index (χ4n) is 4.29. The highest BCUT2D eigenvalue weighted by atomic mass is 15.3. The Morgan fingerprint density at radius 3 is 2.35 bits per heavy atom. The van der Waals surface area contributed by atoms with E-state index in [1.165, 1.54) is 43.5 Å². The van der Waals surface area contributed by atoms with Gasteiger partial charge in [-0.3, -0.25) is 9.80 Å². The zero-order chi connectivity index (χ0) is 15.5. The average molecular weight is 306 g/mol. The molecule has 2 aliphatic heterocycles. The zero-order valence-corrected chi connectivity index (χ0v) is 13.8. The molecule has 2 aliphatic rings. The van der Waals surface area contributed by atoms with Crippen molar-refractivity contribution in [2.45, 2.75) is 37.9 Å². The van der Waals surface area contributed by atoms with Gasteiger partial charge in [-0.05, 0) is 30.5 Å². The quantitative estimate of drug-likeness (QED) is 0.842. The molecule has 2 nitrogen and oxygen atoms in total. The number of hydrogen-bond donors (Lipinski definition) is 0. The van der Waals surface area contributed by atoms with Crippen LogP contribution in [0.25, 0.3) is 0 Å². The molecule has 2 aromatic carbocycles. The first kappa shape index (κ1) is 14.9. The van der Waals surface area contributed by atoms with Gasteiger partial charge in [-0.2, -0.15) is 0 Å². The van der Waals surface area contributed by atoms with Gasteiger partial charge in [0.05, 0.1) is 0 Å². The fraction of sp³-hybridized carbons (Fsp3) is 0.429. The molecule has 2 atom stereocenters. The summed E-state index contributed by atoms with van der Waals surface area (Å²) in [6.07, 6.45) is 4.11. The molecule has 4 rings (SSSR count). The van der Waals surface area contributed by atoms with Crippen LogP contribution in [-0.4, -0.2) is 35.5 Å². The summed E-state index contributed by atoms with van der Waals surface area (Å²) in [7, 11) is 0. The molecule has 2 saturated heterocycles. The van der Waals surface area contributed by atoms with Crippen molar-refractivity contribution < 1.29 is 0 Å². The minimum absolute atomic E-state index is 0.555. The van der Waals surface area contributed by atoms with Crippen LogP contribution < -0.4 is 0 Å². The summed E-state index contributed by atoms with van der Waals surface area (Å²) in [6.45, 7) is 4.71. The smallest absolute Gasteiger partial charge is 0.0478 e. The van der Waals surface area contributed by atoms with Crippen molar-refractivity contribution in [3.63, 3.8) is 0 Å². The second-order valence-corrected chi connectivity index (χ2v) is 6.99. The van der Waals surface area contributed by atoms with E-state index in [1.54, 1.807) is 0 Å². The van der Waals surface area contributed by atoms with Crippen molar-refractivity contribution in [1.82, 2.24) is 9.80 Å². The van der Waals surface area contributed by atoms with Gasteiger partial charge in [0.15, 0.2) is 0 Å². The second-order valence-electron chi connectivity index (χ2n) is 6.99. The lowest BCUT2D eigenvalue weighted by Crippen LogP contribution is -2.55. The van der Waals surface area contributed by atoms with Crippen molar-refractivity contribution in [3.05, 3.63) is 71.8 Å². The molecule has 0 saturated carbocycles. The summed E-state index contributed by atoms with van der Waals surface area (Å²) in [4.78, 5) is 5.44. The predicted molar refractivity (Wildman–Crippen MR) is 95.2 cm³/mol. The maximum absolute atomic E-state index is 2.78. The molecule has 120 valence electrons. The molecule has 0 bridgehead atoms. The molecule has 2 heteroatoms. The van der Waals surface area contributed by atoms with Crippen LogP contribution in [-0.2, 0) is 6.54 Å². The molecule has 23 heavy (non-hydrogen) atoms. The molecule has 0 aromatic heterocycles. The van der Waals surface area contributed by atoms with E-state index in [2.05, 4.69) is 70.5 Å². The minimum atomic E-state index is 0.555. The largest absolute Gasteiger partial charge is 0.296 e. The molecule has 0 N–H and O–H groups in total. The van der Waals surface area contributed by atoms with Crippen molar-refractivity contribution in [2.75, 3.05) is 19.6 Å². The summed E-state index contributed by atoms with van der Waals surface area (Å²) in [5, 5.41) is 0. The van der Waals surface area contributed by atoms with E-state index in [9.17, 15) is 0 Å². The van der Waals surface area contributed by atoms with Gasteiger partial charge in [0, 0.05) is 31.7 Å². The Bertz CT molecular complexity index is 610. The first-order chi connectivity index (χ1) is 11.4. The summed E-state index contributed by atoms with van der Waals surface area (Å²) in [6, 6.07) is 23.3. The van der Waals surface area contributed by atoms with Gasteiger partial charge in [-0.1, -0.05) is 67.1 Å². The lowest BCUT2D eigenvalue weighted by atomic mass is 9.92. The van der Waals surface area contributed by atoms with Crippen LogP contribution in [0.15, 0.2) is 60.7 Å². The van der Waals surface area contributed by atoms with Crippen LogP contribution in [0.1, 0.15) is 36.4 Å². The number of piperidine rings is 1. The fourth-order valence-corrected chi connectivity index (χ4v) is 4.29. The van der Waals surface area contributed by atoms with Gasteiger partial charge in [-0.15, -0.1) is 0 Å². The molecular formula is C21H26N2. The Morgan fingerprint density at radius 1 is 0.826 bits per heavy atom. The van der Waals surface area contributed by atoms with Crippen LogP contribution in [0, 0.1) is 0 Å². The third-order valence-electron chi connectivity index (χ3n) is 5.41. The van der Waals surface area contributed by atoms with Crippen molar-refractivity contribution in [2.24, 2.45) is 0 Å². The summed E-state index contributed by atoms with van der Waals surface area (Å²) in [5.74, 6) is 0. The second kappa shape index (κ2) is 6.86. The van der Waals surface area contributed by atoms with E-state index in [0.29, 0.717) is 6.04 Å². The maximum atomic E-state index is 2.78. The minimum Gasteiger partial charge on any atom is -0.296 e. The molecule has 2 aromatic rings. The van der Waals surface area contributed by atoms with Crippen LogP contribution in [0.3, 0.4) is 0 Å². The van der Waals surface area contributed by atoms with E-state index in [1.807, 2.05) is 0 Å². The number of piperazine rings is 1. The molecule has 2 unspecified atom stereocenters. The number of benzene rings is 2. The molecule has 0 aliphatic carbocycles. The van der Waals surface area contributed by atoms with Gasteiger partial charge in [0.1, 0.15) is 0 Å². The molecule has 0 amide bonds. The van der Waals surface area contributed by atoms with Crippen LogP contribution in [0.5, 0.6) is 0 Å². The first-order valence-corrected chi connectivity index (χ1v) is 8.97. The Hall–Kier alpha value is -1.64. The maximum Gasteiger partial charge on any atom is 0.0478 e. The third kappa shape index (κ3) is 3.34. The topological polar surface area (TPSA) is 6.48 Å². The summed E-state index contributed by atoms with van der Waals surface area (Å²) >= 11 is 0. The highest BCUT2D eigenvalue weighted by Crippen LogP contribution is 2.34. The number of rotatable bonds is 3. The molecule has 2 fully saturated rings. The van der Waals surface area contributed by atoms with E-state index >= 15 is 0 Å². The number of fused-ring (bicyclic) bond motifs is 1. The molecule has 0 radical (unpaired) electrons. The number of nitrogens with zero attached hydrogens (tertiary/aromatic N) is 2. The summed E-state index contributed by atoms with van der Waals surface area (Å²) < 4.78 is 0. The lowest BCUT2D eigenvalue weighted by molar-refractivity contribution is -0.00268. The zero-order valence-electron chi connectivity index (χ0n) is 13.8. The Kier molecular flexibility index (Phi) is 4.45. The van der Waals surface area contributed by atoms with Crippen LogP contribution in [0.2, 0.25) is 0 Å². The van der Waals surface area contributed by atoms with E-state index in [-0.39, 0.29) is 0 Å². The van der Waals surface area contributed by atoms with E-state index < -0.39 is 0 Å². The Balaban J connectivity index is 1.56. The van der Waals surface area contributed by atoms with Gasteiger partial charge >= 0.3 is 0 Å². The molecule has 2 heterocycles. The van der Waals surface area contributed by atoms with Gasteiger partial charge in [0.2, 0.25) is 0 Å². The van der Waals surface area contributed by atoms with Crippen molar-refractivity contribution in [3.8, 4) is 0 Å². The Morgan fingerprint density at radius 2 is 1.57 bits per heavy atom. The van der Waals surface area contributed by atoms with Gasteiger partial charge in [0.25, 0.3) is 0 Å². The Labute approximate surface area is 139 Å². The standard InChI is InChI=1S/C21H26N2/c1-3-9-18(10-4-1)15-22-16-20-13-7-8-14-23(20)21(17-22)19-11-5-2-6-12-19/h1-6,9-12,20-21H,7-8,13-17H2. The monoisotopic (exact) mass is 306 g/mol. The highest BCUT2D eigenvalue weighted by molar-refractivity contribution is 5.21. The van der Waals surface area contributed by atoms with Crippen LogP contribution in [0.4, 0.5) is 0 Å². The summed E-state index contributed by atoms with van der Waals surface area (Å²) in [5.41, 5.74) is 2.92. The first-order valence-electron chi connectivity index (χ1n) is 8.97. The third-order valence-corrected chi connectivity index (χ3v) is 5.41. The van der Waals surface area contributed by atoms with Crippen molar-refractivity contribution >= 4 is 0 Å². The average Bonchev–Trinajstić information content (AvgIpc) is 2.63. The van der Waals surface area contributed by atoms with Crippen LogP contribution >= 0.6 is 0 Å². The lowest BCUT2D eigenvalue weighted by Gasteiger charge is -2.49. The highest BCUT2D eigenvalue weighted by Gasteiger charge is 2.36. The predicted octanol–water partition coefficient (Wildman–Crippen LogP) is 4.10. The molecular weight excluding hydrogens is 280 g/mol. The normalized spacial score (nSPS) is 25.9. The van der Waals surface area contributed by atoms with E-state index in [0.717, 1.165) is 19.1 Å².